The van der Waals surface area contributed by atoms with Crippen LogP contribution in [0.1, 0.15) is 31.4 Å². The lowest BCUT2D eigenvalue weighted by Gasteiger charge is -2.42. The minimum absolute atomic E-state index is 0.0551. The topological polar surface area (TPSA) is 133 Å². The summed E-state index contributed by atoms with van der Waals surface area (Å²) in [7, 11) is -5.11. The monoisotopic (exact) mass is 732 g/mol. The lowest BCUT2D eigenvalue weighted by molar-refractivity contribution is -0.122. The smallest absolute Gasteiger partial charge is 0.345 e. The Hall–Kier alpha value is -3.70. The lowest BCUT2D eigenvalue weighted by Crippen LogP contribution is -2.50. The van der Waals surface area contributed by atoms with Crippen LogP contribution in [0.5, 0.6) is 5.88 Å². The van der Waals surface area contributed by atoms with E-state index in [-0.39, 0.29) is 61.3 Å². The zero-order valence-electron chi connectivity index (χ0n) is 28.6. The van der Waals surface area contributed by atoms with E-state index in [9.17, 15) is 26.8 Å². The molecule has 0 bridgehead atoms. The van der Waals surface area contributed by atoms with Gasteiger partial charge in [-0.15, -0.1) is 0 Å². The second kappa shape index (κ2) is 14.5. The molecule has 0 saturated heterocycles. The van der Waals surface area contributed by atoms with Crippen LogP contribution in [0, 0.1) is 11.6 Å². The number of anilines is 1. The number of hydrogen-bond acceptors (Lipinski definition) is 10. The zero-order valence-corrected chi connectivity index (χ0v) is 30.4. The predicted molar refractivity (Wildman–Crippen MR) is 186 cm³/mol. The standard InChI is InChI=1S/C34H42F2N4O8SSi/c1-49(43,44)47-12-11-38(24-6-8-25(9-7-24)40-29-16-23(36)18-37-33(29)46-20-31(40)41)19-26-17-28-32(39(26)21-45-13-14-50(2,3)4)27-15-22(35)5-10-30(27)48-34(28)42/h5,10,15-18,24-25H,6-9,11-14,19-21H2,1-4H3/t24-,25-. The molecule has 1 fully saturated rings. The molecule has 3 aromatic heterocycles. The Labute approximate surface area is 290 Å². The summed E-state index contributed by atoms with van der Waals surface area (Å²) in [5, 5.41) is 0.724. The maximum absolute atomic E-state index is 14.5. The summed E-state index contributed by atoms with van der Waals surface area (Å²) in [4.78, 5) is 33.9. The van der Waals surface area contributed by atoms with E-state index in [4.69, 9.17) is 18.1 Å². The number of benzene rings is 1. The van der Waals surface area contributed by atoms with Gasteiger partial charge in [-0.2, -0.15) is 8.42 Å². The third kappa shape index (κ3) is 8.25. The van der Waals surface area contributed by atoms with Crippen molar-refractivity contribution in [2.45, 2.75) is 76.7 Å². The first-order valence-electron chi connectivity index (χ1n) is 16.7. The van der Waals surface area contributed by atoms with Gasteiger partial charge >= 0.3 is 5.63 Å². The van der Waals surface area contributed by atoms with Crippen LogP contribution in [0.3, 0.4) is 0 Å². The van der Waals surface area contributed by atoms with Gasteiger partial charge in [0, 0.05) is 57.0 Å². The minimum Gasteiger partial charge on any atom is -0.466 e. The van der Waals surface area contributed by atoms with E-state index in [1.165, 1.54) is 24.3 Å². The molecule has 0 spiro atoms. The van der Waals surface area contributed by atoms with Gasteiger partial charge in [-0.1, -0.05) is 19.6 Å². The first kappa shape index (κ1) is 36.1. The number of aromatic nitrogens is 2. The van der Waals surface area contributed by atoms with E-state index >= 15 is 0 Å². The molecular weight excluding hydrogens is 691 g/mol. The highest BCUT2D eigenvalue weighted by Crippen LogP contribution is 2.37. The Bertz CT molecular complexity index is 2060. The highest BCUT2D eigenvalue weighted by molar-refractivity contribution is 7.85. The Morgan fingerprint density at radius 1 is 1.02 bits per heavy atom. The van der Waals surface area contributed by atoms with Gasteiger partial charge in [-0.25, -0.2) is 18.6 Å². The summed E-state index contributed by atoms with van der Waals surface area (Å²) in [6.45, 7) is 7.65. The van der Waals surface area contributed by atoms with Crippen molar-refractivity contribution < 1.29 is 40.1 Å². The SMILES string of the molecule is C[Si](C)(C)CCOCn1c(CN(CCOS(C)(=O)=O)[C@H]2CC[C@H](N3C(=O)COc4ncc(F)cc43)CC2)cc2c(=O)oc3ccc(F)cc3c21. The van der Waals surface area contributed by atoms with Crippen LogP contribution in [0.2, 0.25) is 25.7 Å². The van der Waals surface area contributed by atoms with Crippen molar-refractivity contribution in [3.05, 3.63) is 64.3 Å². The lowest BCUT2D eigenvalue weighted by atomic mass is 9.88. The van der Waals surface area contributed by atoms with Crippen LogP contribution in [-0.4, -0.2) is 81.6 Å². The Balaban J connectivity index is 1.31. The fraction of sp³-hybridized carbons (Fsp3) is 0.500. The van der Waals surface area contributed by atoms with Crippen LogP contribution >= 0.6 is 0 Å². The van der Waals surface area contributed by atoms with Crippen molar-refractivity contribution in [3.8, 4) is 5.88 Å². The maximum Gasteiger partial charge on any atom is 0.345 e. The highest BCUT2D eigenvalue weighted by atomic mass is 32.2. The van der Waals surface area contributed by atoms with Crippen molar-refractivity contribution in [2.24, 2.45) is 0 Å². The number of ether oxygens (including phenoxy) is 2. The van der Waals surface area contributed by atoms with Gasteiger partial charge in [0.25, 0.3) is 16.0 Å². The first-order valence-corrected chi connectivity index (χ1v) is 22.2. The van der Waals surface area contributed by atoms with Crippen molar-refractivity contribution in [3.63, 3.8) is 0 Å². The number of amides is 1. The van der Waals surface area contributed by atoms with Gasteiger partial charge in [0.1, 0.15) is 29.6 Å². The van der Waals surface area contributed by atoms with Gasteiger partial charge in [-0.3, -0.25) is 13.9 Å². The van der Waals surface area contributed by atoms with Crippen molar-refractivity contribution in [1.29, 1.82) is 0 Å². The molecule has 6 rings (SSSR count). The number of pyridine rings is 1. The average Bonchev–Trinajstić information content (AvgIpc) is 3.41. The molecule has 16 heteroatoms. The van der Waals surface area contributed by atoms with E-state index in [0.717, 1.165) is 18.5 Å². The molecule has 50 heavy (non-hydrogen) atoms. The van der Waals surface area contributed by atoms with Crippen molar-refractivity contribution in [2.75, 3.05) is 37.5 Å². The van der Waals surface area contributed by atoms with E-state index < -0.39 is 35.5 Å². The Morgan fingerprint density at radius 3 is 2.50 bits per heavy atom. The molecule has 1 aromatic carbocycles. The first-order chi connectivity index (χ1) is 23.7. The molecule has 12 nitrogen and oxygen atoms in total. The summed E-state index contributed by atoms with van der Waals surface area (Å²) >= 11 is 0. The third-order valence-corrected chi connectivity index (χ3v) is 11.6. The van der Waals surface area contributed by atoms with Gasteiger partial charge in [0.2, 0.25) is 5.88 Å². The van der Waals surface area contributed by atoms with Gasteiger partial charge in [0.15, 0.2) is 6.61 Å². The van der Waals surface area contributed by atoms with Crippen LogP contribution in [0.15, 0.2) is 45.7 Å². The molecule has 270 valence electrons. The molecule has 0 N–H and O–H groups in total. The van der Waals surface area contributed by atoms with Crippen molar-refractivity contribution in [1.82, 2.24) is 14.5 Å². The number of carbonyl (C=O) groups excluding carboxylic acids is 1. The summed E-state index contributed by atoms with van der Waals surface area (Å²) in [5.41, 5.74) is 1.21. The van der Waals surface area contributed by atoms with Gasteiger partial charge in [-0.05, 0) is 56.0 Å². The molecule has 2 aliphatic rings. The summed E-state index contributed by atoms with van der Waals surface area (Å²) in [5.74, 6) is -1.10. The second-order valence-electron chi connectivity index (χ2n) is 14.2. The Kier molecular flexibility index (Phi) is 10.5. The number of halogens is 2. The van der Waals surface area contributed by atoms with Gasteiger partial charge < -0.3 is 23.4 Å². The summed E-state index contributed by atoms with van der Waals surface area (Å²) in [6.07, 6.45) is 4.50. The fourth-order valence-corrected chi connectivity index (χ4v) is 7.95. The molecular formula is C34H42F2N4O8SSi. The van der Waals surface area contributed by atoms with Gasteiger partial charge in [0.05, 0.1) is 30.0 Å². The molecule has 1 aliphatic heterocycles. The van der Waals surface area contributed by atoms with Crippen LogP contribution in [-0.2, 0) is 37.1 Å². The molecule has 0 atom stereocenters. The normalized spacial score (nSPS) is 18.6. The van der Waals surface area contributed by atoms with Crippen LogP contribution in [0.25, 0.3) is 21.9 Å². The summed E-state index contributed by atoms with van der Waals surface area (Å²) < 4.78 is 76.7. The minimum atomic E-state index is -3.70. The fourth-order valence-electron chi connectivity index (χ4n) is 6.81. The summed E-state index contributed by atoms with van der Waals surface area (Å²) in [6, 6.07) is 7.67. The molecule has 1 aliphatic carbocycles. The molecule has 1 saturated carbocycles. The number of carbonyl (C=O) groups is 1. The number of hydrogen-bond donors (Lipinski definition) is 0. The molecule has 4 heterocycles. The molecule has 0 unspecified atom stereocenters. The Morgan fingerprint density at radius 2 is 1.78 bits per heavy atom. The molecule has 4 aromatic rings. The maximum atomic E-state index is 14.5. The van der Waals surface area contributed by atoms with Crippen molar-refractivity contribution >= 4 is 51.7 Å². The van der Waals surface area contributed by atoms with E-state index in [2.05, 4.69) is 29.5 Å². The van der Waals surface area contributed by atoms with E-state index in [0.29, 0.717) is 61.1 Å². The predicted octanol–water partition coefficient (Wildman–Crippen LogP) is 5.25. The quantitative estimate of drug-likeness (QED) is 0.0777. The molecule has 0 radical (unpaired) electrons. The number of fused-ring (bicyclic) bond motifs is 4. The second-order valence-corrected chi connectivity index (χ2v) is 21.5. The van der Waals surface area contributed by atoms with Crippen LogP contribution < -0.4 is 15.3 Å². The van der Waals surface area contributed by atoms with E-state index in [1.807, 2.05) is 4.57 Å². The highest BCUT2D eigenvalue weighted by Gasteiger charge is 2.37. The average molecular weight is 733 g/mol. The van der Waals surface area contributed by atoms with E-state index in [1.54, 1.807) is 11.0 Å². The zero-order chi connectivity index (χ0) is 35.8. The number of nitrogens with zero attached hydrogens (tertiary/aromatic N) is 4. The number of rotatable bonds is 13. The van der Waals surface area contributed by atoms with Crippen LogP contribution in [0.4, 0.5) is 14.5 Å². The third-order valence-electron chi connectivity index (χ3n) is 9.27. The largest absolute Gasteiger partial charge is 0.466 e. The molecule has 1 amide bonds.